The lowest BCUT2D eigenvalue weighted by atomic mass is 9.61. The number of rotatable bonds is 4. The van der Waals surface area contributed by atoms with Gasteiger partial charge in [-0.2, -0.15) is 0 Å². The third-order valence-corrected chi connectivity index (χ3v) is 4.87. The summed E-state index contributed by atoms with van der Waals surface area (Å²) in [6, 6.07) is 0. The number of ether oxygens (including phenoxy) is 1. The molecule has 4 heteroatoms. The molecule has 1 spiro atoms. The maximum absolute atomic E-state index is 10.3. The summed E-state index contributed by atoms with van der Waals surface area (Å²) < 4.78 is 5.02. The second-order valence-electron chi connectivity index (χ2n) is 6.09. The van der Waals surface area contributed by atoms with Crippen LogP contribution in [0.3, 0.4) is 0 Å². The van der Waals surface area contributed by atoms with E-state index in [-0.39, 0.29) is 6.10 Å². The van der Waals surface area contributed by atoms with Gasteiger partial charge in [-0.1, -0.05) is 0 Å². The van der Waals surface area contributed by atoms with Crippen molar-refractivity contribution in [1.82, 2.24) is 10.2 Å². The van der Waals surface area contributed by atoms with Crippen molar-refractivity contribution in [3.63, 3.8) is 0 Å². The third-order valence-electron chi connectivity index (χ3n) is 4.87. The van der Waals surface area contributed by atoms with Crippen molar-refractivity contribution in [2.24, 2.45) is 11.3 Å². The molecule has 0 amide bonds. The van der Waals surface area contributed by atoms with Gasteiger partial charge in [0.15, 0.2) is 0 Å². The highest BCUT2D eigenvalue weighted by Crippen LogP contribution is 2.50. The van der Waals surface area contributed by atoms with Crippen molar-refractivity contribution < 1.29 is 9.53 Å². The SMILES string of the molecule is O=COC1CC2(CCN(CC3CNC3)CC2)C1. The van der Waals surface area contributed by atoms with Crippen molar-refractivity contribution in [3.8, 4) is 0 Å². The maximum atomic E-state index is 10.3. The molecule has 3 aliphatic rings. The number of piperidine rings is 1. The monoisotopic (exact) mass is 238 g/mol. The van der Waals surface area contributed by atoms with Crippen LogP contribution >= 0.6 is 0 Å². The van der Waals surface area contributed by atoms with Crippen LogP contribution in [0, 0.1) is 11.3 Å². The molecule has 0 atom stereocenters. The molecule has 0 aromatic rings. The lowest BCUT2D eigenvalue weighted by Gasteiger charge is -2.51. The molecule has 3 fully saturated rings. The van der Waals surface area contributed by atoms with E-state index in [1.807, 2.05) is 0 Å². The van der Waals surface area contributed by atoms with E-state index in [2.05, 4.69) is 10.2 Å². The van der Waals surface area contributed by atoms with E-state index in [0.29, 0.717) is 11.9 Å². The second kappa shape index (κ2) is 4.58. The van der Waals surface area contributed by atoms with Crippen molar-refractivity contribution in [2.45, 2.75) is 31.8 Å². The third kappa shape index (κ3) is 2.33. The molecule has 0 bridgehead atoms. The molecule has 1 N–H and O–H groups in total. The lowest BCUT2D eigenvalue weighted by Crippen LogP contribution is -2.53. The zero-order valence-electron chi connectivity index (χ0n) is 10.4. The standard InChI is InChI=1S/C13H22N2O2/c16-10-17-12-5-13(6-12)1-3-15(4-2-13)9-11-7-14-8-11/h10-12,14H,1-9H2. The number of nitrogens with one attached hydrogen (secondary N) is 1. The van der Waals surface area contributed by atoms with Crippen LogP contribution < -0.4 is 5.32 Å². The molecule has 2 saturated heterocycles. The first-order valence-electron chi connectivity index (χ1n) is 6.82. The highest BCUT2D eigenvalue weighted by Gasteiger charge is 2.47. The molecule has 0 aromatic carbocycles. The molecule has 1 saturated carbocycles. The fourth-order valence-corrected chi connectivity index (χ4v) is 3.54. The Morgan fingerprint density at radius 2 is 2.00 bits per heavy atom. The van der Waals surface area contributed by atoms with E-state index in [9.17, 15) is 4.79 Å². The van der Waals surface area contributed by atoms with Crippen LogP contribution in [0.15, 0.2) is 0 Å². The van der Waals surface area contributed by atoms with E-state index in [4.69, 9.17) is 4.74 Å². The normalized spacial score (nSPS) is 29.6. The van der Waals surface area contributed by atoms with Crippen molar-refractivity contribution in [3.05, 3.63) is 0 Å². The van der Waals surface area contributed by atoms with E-state index >= 15 is 0 Å². The van der Waals surface area contributed by atoms with Crippen molar-refractivity contribution >= 4 is 6.47 Å². The molecule has 96 valence electrons. The first kappa shape index (κ1) is 11.5. The van der Waals surface area contributed by atoms with Gasteiger partial charge in [0, 0.05) is 19.6 Å². The molecule has 4 nitrogen and oxygen atoms in total. The van der Waals surface area contributed by atoms with Gasteiger partial charge in [0.25, 0.3) is 6.47 Å². The summed E-state index contributed by atoms with van der Waals surface area (Å²) in [4.78, 5) is 12.9. The molecule has 2 aliphatic heterocycles. The number of carbonyl (C=O) groups excluding carboxylic acids is 1. The minimum Gasteiger partial charge on any atom is -0.465 e. The number of hydrogen-bond acceptors (Lipinski definition) is 4. The highest BCUT2D eigenvalue weighted by atomic mass is 16.5. The summed E-state index contributed by atoms with van der Waals surface area (Å²) in [5.41, 5.74) is 0.516. The second-order valence-corrected chi connectivity index (χ2v) is 6.09. The molecule has 0 unspecified atom stereocenters. The quantitative estimate of drug-likeness (QED) is 0.729. The van der Waals surface area contributed by atoms with Gasteiger partial charge in [-0.15, -0.1) is 0 Å². The molecular formula is C13H22N2O2. The Bertz CT molecular complexity index is 275. The molecule has 1 aliphatic carbocycles. The summed E-state index contributed by atoms with van der Waals surface area (Å²) in [5, 5.41) is 3.33. The van der Waals surface area contributed by atoms with Crippen LogP contribution in [0.5, 0.6) is 0 Å². The Kier molecular flexibility index (Phi) is 3.09. The van der Waals surface area contributed by atoms with Crippen molar-refractivity contribution in [1.29, 1.82) is 0 Å². The number of likely N-dealkylation sites (tertiary alicyclic amines) is 1. The largest absolute Gasteiger partial charge is 0.465 e. The minimum absolute atomic E-state index is 0.217. The van der Waals surface area contributed by atoms with Gasteiger partial charge in [0.2, 0.25) is 0 Å². The van der Waals surface area contributed by atoms with Gasteiger partial charge in [0.1, 0.15) is 6.10 Å². The Morgan fingerprint density at radius 1 is 1.29 bits per heavy atom. The summed E-state index contributed by atoms with van der Waals surface area (Å²) in [5.74, 6) is 0.886. The predicted molar refractivity (Wildman–Crippen MR) is 64.6 cm³/mol. The molecule has 3 rings (SSSR count). The van der Waals surface area contributed by atoms with Gasteiger partial charge >= 0.3 is 0 Å². The fraction of sp³-hybridized carbons (Fsp3) is 0.923. The molecule has 0 aromatic heterocycles. The number of nitrogens with zero attached hydrogens (tertiary/aromatic N) is 1. The predicted octanol–water partition coefficient (Wildman–Crippen LogP) is 0.623. The first-order valence-corrected chi connectivity index (χ1v) is 6.82. The summed E-state index contributed by atoms with van der Waals surface area (Å²) in [6.45, 7) is 6.77. The van der Waals surface area contributed by atoms with E-state index in [1.54, 1.807) is 0 Å². The average Bonchev–Trinajstić information content (AvgIpc) is 2.24. The Balaban J connectivity index is 1.40. The minimum atomic E-state index is 0.217. The van der Waals surface area contributed by atoms with Crippen LogP contribution in [0.25, 0.3) is 0 Å². The van der Waals surface area contributed by atoms with Gasteiger partial charge < -0.3 is 15.0 Å². The highest BCUT2D eigenvalue weighted by molar-refractivity contribution is 5.37. The maximum Gasteiger partial charge on any atom is 0.293 e. The van der Waals surface area contributed by atoms with Gasteiger partial charge in [-0.25, -0.2) is 0 Å². The van der Waals surface area contributed by atoms with Gasteiger partial charge in [0.05, 0.1) is 0 Å². The molecular weight excluding hydrogens is 216 g/mol. The van der Waals surface area contributed by atoms with E-state index in [1.165, 1.54) is 45.6 Å². The summed E-state index contributed by atoms with van der Waals surface area (Å²) in [7, 11) is 0. The van der Waals surface area contributed by atoms with Crippen LogP contribution in [-0.2, 0) is 9.53 Å². The fourth-order valence-electron chi connectivity index (χ4n) is 3.54. The zero-order valence-corrected chi connectivity index (χ0v) is 10.4. The molecule has 2 heterocycles. The average molecular weight is 238 g/mol. The van der Waals surface area contributed by atoms with Crippen LogP contribution in [0.2, 0.25) is 0 Å². The zero-order chi connectivity index (χ0) is 11.7. The van der Waals surface area contributed by atoms with Gasteiger partial charge in [-0.3, -0.25) is 4.79 Å². The number of hydrogen-bond donors (Lipinski definition) is 1. The first-order chi connectivity index (χ1) is 8.30. The van der Waals surface area contributed by atoms with Crippen LogP contribution in [-0.4, -0.2) is 50.2 Å². The van der Waals surface area contributed by atoms with Gasteiger partial charge in [-0.05, 0) is 50.1 Å². The summed E-state index contributed by atoms with van der Waals surface area (Å²) in [6.07, 6.45) is 5.02. The van der Waals surface area contributed by atoms with Crippen LogP contribution in [0.1, 0.15) is 25.7 Å². The Morgan fingerprint density at radius 3 is 2.53 bits per heavy atom. The lowest BCUT2D eigenvalue weighted by molar-refractivity contribution is -0.149. The van der Waals surface area contributed by atoms with Crippen LogP contribution in [0.4, 0.5) is 0 Å². The van der Waals surface area contributed by atoms with Crippen molar-refractivity contribution in [2.75, 3.05) is 32.7 Å². The molecule has 0 radical (unpaired) electrons. The van der Waals surface area contributed by atoms with E-state index < -0.39 is 0 Å². The van der Waals surface area contributed by atoms with E-state index in [0.717, 1.165) is 18.8 Å². The Labute approximate surface area is 103 Å². The number of carbonyl (C=O) groups is 1. The Hall–Kier alpha value is -0.610. The summed E-state index contributed by atoms with van der Waals surface area (Å²) >= 11 is 0. The molecule has 17 heavy (non-hydrogen) atoms. The smallest absolute Gasteiger partial charge is 0.293 e. The topological polar surface area (TPSA) is 41.6 Å².